The van der Waals surface area contributed by atoms with E-state index in [1.54, 1.807) is 0 Å². The molecule has 2 fully saturated rings. The van der Waals surface area contributed by atoms with E-state index in [0.717, 1.165) is 30.3 Å². The molecule has 2 aliphatic rings. The molecule has 0 amide bonds. The quantitative estimate of drug-likeness (QED) is 0.0608. The lowest BCUT2D eigenvalue weighted by molar-refractivity contribution is -0.308. The first-order chi connectivity index (χ1) is 25.2. The van der Waals surface area contributed by atoms with Crippen molar-refractivity contribution in [3.63, 3.8) is 0 Å². The highest BCUT2D eigenvalue weighted by Gasteiger charge is 2.49. The first-order valence-electron chi connectivity index (χ1n) is 15.9. The second kappa shape index (κ2) is 15.3. The Labute approximate surface area is 297 Å². The van der Waals surface area contributed by atoms with Crippen LogP contribution in [0.4, 0.5) is 0 Å². The van der Waals surface area contributed by atoms with Gasteiger partial charge in [-0.3, -0.25) is 4.79 Å². The molecule has 3 aromatic carbocycles. The van der Waals surface area contributed by atoms with Gasteiger partial charge in [0.05, 0.1) is 13.2 Å². The summed E-state index contributed by atoms with van der Waals surface area (Å²) in [5.74, 6) is -4.71. The summed E-state index contributed by atoms with van der Waals surface area (Å²) >= 11 is 0. The summed E-state index contributed by atoms with van der Waals surface area (Å²) in [5, 5.41) is 102. The standard InChI is InChI=1S/C35H34O18/c36-16-5-1-14(2-6-16)3-8-24(42)52-33-29(46)27(44)23(13-49-34-30(47)26(43)21(41)12-48-34)51-35(33)53-32-28(45)25-20(40)10-17(37)11-22(25)50-31(32)15-4-7-18(38)19(39)9-15/h1-11,21,23,26-27,29-30,33-41,43-44,46-47H,12-13H2/b8-3+/t21-,23+,26-,27-,29+,30-,33-,34-,35+/m1/s1. The zero-order chi connectivity index (χ0) is 38.1. The van der Waals surface area contributed by atoms with Crippen molar-refractivity contribution in [1.29, 1.82) is 0 Å². The molecule has 0 saturated carbocycles. The first kappa shape index (κ1) is 37.3. The van der Waals surface area contributed by atoms with Gasteiger partial charge in [0, 0.05) is 23.8 Å². The SMILES string of the molecule is O=C(/C=C/c1ccc(O)cc1)O[C@H]1[C@H](Oc2c(-c3ccc(O)c(O)c3)oc3cc(O)cc(O)c3c2=O)O[C@@H](CO[C@H]2OC[C@@H](O)[C@@H](O)[C@H]2O)[C@@H](O)[C@@H]1O. The van der Waals surface area contributed by atoms with Crippen molar-refractivity contribution in [2.24, 2.45) is 0 Å². The van der Waals surface area contributed by atoms with Crippen LogP contribution in [0.3, 0.4) is 0 Å². The van der Waals surface area contributed by atoms with Gasteiger partial charge in [0.15, 0.2) is 29.7 Å². The third-order valence-electron chi connectivity index (χ3n) is 8.47. The molecule has 2 saturated heterocycles. The minimum Gasteiger partial charge on any atom is -0.508 e. The fourth-order valence-electron chi connectivity index (χ4n) is 5.65. The van der Waals surface area contributed by atoms with E-state index in [2.05, 4.69) is 0 Å². The van der Waals surface area contributed by atoms with E-state index in [-0.39, 0.29) is 16.9 Å². The van der Waals surface area contributed by atoms with Gasteiger partial charge in [-0.15, -0.1) is 0 Å². The maximum absolute atomic E-state index is 14.0. The van der Waals surface area contributed by atoms with Crippen LogP contribution in [-0.2, 0) is 23.7 Å². The number of carbonyl (C=O) groups excluding carboxylic acids is 1. The van der Waals surface area contributed by atoms with E-state index in [4.69, 9.17) is 28.1 Å². The minimum absolute atomic E-state index is 0.0248. The Morgan fingerprint density at radius 2 is 1.53 bits per heavy atom. The van der Waals surface area contributed by atoms with E-state index in [9.17, 15) is 60.7 Å². The van der Waals surface area contributed by atoms with E-state index >= 15 is 0 Å². The molecule has 9 atom stereocenters. The van der Waals surface area contributed by atoms with Crippen LogP contribution in [0.5, 0.6) is 34.5 Å². The minimum atomic E-state index is -2.02. The zero-order valence-corrected chi connectivity index (χ0v) is 27.2. The number of benzene rings is 3. The molecule has 0 unspecified atom stereocenters. The molecule has 1 aromatic heterocycles. The van der Waals surface area contributed by atoms with Gasteiger partial charge in [0.2, 0.25) is 17.5 Å². The molecule has 282 valence electrons. The highest BCUT2D eigenvalue weighted by molar-refractivity contribution is 5.89. The highest BCUT2D eigenvalue weighted by Crippen LogP contribution is 2.40. The van der Waals surface area contributed by atoms with Crippen LogP contribution >= 0.6 is 0 Å². The number of fused-ring (bicyclic) bond motifs is 1. The summed E-state index contributed by atoms with van der Waals surface area (Å²) in [6.45, 7) is -1.09. The number of aliphatic hydroxyl groups excluding tert-OH is 5. The fraction of sp³-hybridized carbons (Fsp3) is 0.314. The third-order valence-corrected chi connectivity index (χ3v) is 8.47. The molecule has 3 heterocycles. The molecule has 0 spiro atoms. The maximum Gasteiger partial charge on any atom is 0.331 e. The number of rotatable bonds is 9. The molecule has 2 aliphatic heterocycles. The lowest BCUT2D eigenvalue weighted by atomic mass is 9.98. The average molecular weight is 743 g/mol. The number of hydrogen-bond donors (Lipinski definition) is 10. The van der Waals surface area contributed by atoms with Gasteiger partial charge in [-0.1, -0.05) is 12.1 Å². The van der Waals surface area contributed by atoms with E-state index in [0.29, 0.717) is 5.56 Å². The summed E-state index contributed by atoms with van der Waals surface area (Å²) in [4.78, 5) is 27.0. The number of aromatic hydroxyl groups is 5. The number of aliphatic hydroxyl groups is 5. The van der Waals surface area contributed by atoms with Gasteiger partial charge in [-0.25, -0.2) is 4.79 Å². The van der Waals surface area contributed by atoms with Gasteiger partial charge in [0.25, 0.3) is 0 Å². The van der Waals surface area contributed by atoms with Crippen molar-refractivity contribution >= 4 is 23.0 Å². The first-order valence-corrected chi connectivity index (χ1v) is 15.9. The highest BCUT2D eigenvalue weighted by atomic mass is 16.7. The normalized spacial score (nSPS) is 27.5. The van der Waals surface area contributed by atoms with E-state index in [1.807, 2.05) is 0 Å². The van der Waals surface area contributed by atoms with Crippen molar-refractivity contribution in [2.45, 2.75) is 55.3 Å². The van der Waals surface area contributed by atoms with Crippen molar-refractivity contribution in [3.8, 4) is 45.8 Å². The summed E-state index contributed by atoms with van der Waals surface area (Å²) < 4.78 is 33.8. The lowest BCUT2D eigenvalue weighted by Gasteiger charge is -2.42. The van der Waals surface area contributed by atoms with Gasteiger partial charge < -0.3 is 79.2 Å². The molecule has 10 N–H and O–H groups in total. The molecule has 18 nitrogen and oxygen atoms in total. The van der Waals surface area contributed by atoms with Crippen LogP contribution in [0.1, 0.15) is 5.56 Å². The molecular weight excluding hydrogens is 708 g/mol. The lowest BCUT2D eigenvalue weighted by Crippen LogP contribution is -2.62. The van der Waals surface area contributed by atoms with Gasteiger partial charge in [0.1, 0.15) is 64.8 Å². The molecule has 0 aliphatic carbocycles. The van der Waals surface area contributed by atoms with Crippen LogP contribution in [0.15, 0.2) is 69.9 Å². The predicted molar refractivity (Wildman–Crippen MR) is 177 cm³/mol. The molecular formula is C35H34O18. The Bertz CT molecular complexity index is 2040. The Morgan fingerprint density at radius 1 is 0.792 bits per heavy atom. The number of esters is 1. The van der Waals surface area contributed by atoms with Crippen molar-refractivity contribution in [1.82, 2.24) is 0 Å². The maximum atomic E-state index is 14.0. The Balaban J connectivity index is 1.37. The Morgan fingerprint density at radius 3 is 2.25 bits per heavy atom. The number of phenolic OH excluding ortho intramolecular Hbond substituents is 5. The third kappa shape index (κ3) is 7.84. The van der Waals surface area contributed by atoms with Crippen LogP contribution in [0.25, 0.3) is 28.4 Å². The molecule has 0 radical (unpaired) electrons. The second-order valence-corrected chi connectivity index (χ2v) is 12.2. The van der Waals surface area contributed by atoms with Crippen LogP contribution in [0, 0.1) is 0 Å². The molecule has 53 heavy (non-hydrogen) atoms. The van der Waals surface area contributed by atoms with Crippen molar-refractivity contribution < 1.29 is 84.0 Å². The second-order valence-electron chi connectivity index (χ2n) is 12.2. The Kier molecular flexibility index (Phi) is 10.8. The van der Waals surface area contributed by atoms with Gasteiger partial charge in [-0.2, -0.15) is 0 Å². The van der Waals surface area contributed by atoms with Crippen molar-refractivity contribution in [3.05, 3.63) is 76.5 Å². The Hall–Kier alpha value is -5.44. The molecule has 4 aromatic rings. The zero-order valence-electron chi connectivity index (χ0n) is 27.2. The molecule has 0 bridgehead atoms. The summed E-state index contributed by atoms with van der Waals surface area (Å²) in [6.07, 6.45) is -13.4. The predicted octanol–water partition coefficient (Wildman–Crippen LogP) is -0.106. The van der Waals surface area contributed by atoms with Crippen LogP contribution < -0.4 is 10.2 Å². The average Bonchev–Trinajstić information content (AvgIpc) is 3.12. The number of carbonyl (C=O) groups is 1. The number of hydrogen-bond acceptors (Lipinski definition) is 18. The van der Waals surface area contributed by atoms with Gasteiger partial charge >= 0.3 is 5.97 Å². The summed E-state index contributed by atoms with van der Waals surface area (Å²) in [6, 6.07) is 10.9. The molecule has 18 heteroatoms. The van der Waals surface area contributed by atoms with Gasteiger partial charge in [-0.05, 0) is 42.0 Å². The largest absolute Gasteiger partial charge is 0.508 e. The summed E-state index contributed by atoms with van der Waals surface area (Å²) in [7, 11) is 0. The monoisotopic (exact) mass is 742 g/mol. The number of ether oxygens (including phenoxy) is 5. The fourth-order valence-corrected chi connectivity index (χ4v) is 5.65. The van der Waals surface area contributed by atoms with E-state index < -0.39 is 120 Å². The summed E-state index contributed by atoms with van der Waals surface area (Å²) in [5.41, 5.74) is -1.03. The van der Waals surface area contributed by atoms with Crippen molar-refractivity contribution in [2.75, 3.05) is 13.2 Å². The van der Waals surface area contributed by atoms with Crippen LogP contribution in [-0.4, -0.2) is 126 Å². The number of phenols is 5. The molecule has 6 rings (SSSR count). The topological polar surface area (TPSA) is 296 Å². The van der Waals surface area contributed by atoms with Crippen LogP contribution in [0.2, 0.25) is 0 Å². The van der Waals surface area contributed by atoms with E-state index in [1.165, 1.54) is 36.4 Å². The smallest absolute Gasteiger partial charge is 0.331 e.